The van der Waals surface area contributed by atoms with Gasteiger partial charge in [0.25, 0.3) is 0 Å². The van der Waals surface area contributed by atoms with Crippen LogP contribution in [0.25, 0.3) is 0 Å². The van der Waals surface area contributed by atoms with Gasteiger partial charge in [0.2, 0.25) is 11.8 Å². The summed E-state index contributed by atoms with van der Waals surface area (Å²) in [7, 11) is 0. The Kier molecular flexibility index (Phi) is 26.6. The lowest BCUT2D eigenvalue weighted by atomic mass is 9.99. The number of carbonyl (C=O) groups excluding carboxylic acids is 2. The first-order chi connectivity index (χ1) is 22.3. The molecular formula is C36H70N2O8. The van der Waals surface area contributed by atoms with E-state index in [-0.39, 0.29) is 37.8 Å². The number of amides is 2. The zero-order chi connectivity index (χ0) is 33.8. The summed E-state index contributed by atoms with van der Waals surface area (Å²) in [4.78, 5) is 27.5. The smallest absolute Gasteiger partial charge is 0.223 e. The number of hydrogen-bond donors (Lipinski definition) is 5. The van der Waals surface area contributed by atoms with Crippen molar-refractivity contribution >= 4 is 11.8 Å². The molecular weight excluding hydrogens is 588 g/mol. The summed E-state index contributed by atoms with van der Waals surface area (Å²) >= 11 is 0. The number of aliphatic hydroxyl groups excluding tert-OH is 4. The summed E-state index contributed by atoms with van der Waals surface area (Å²) in [6.07, 6.45) is 18.6. The fraction of sp³-hybridized carbons (Fsp3) is 0.944. The standard InChI is InChI=1S/C36H70N2O8/c1-3-5-7-9-11-13-15-17-19-21-26-38(27-22-20-18-16-14-12-10-8-6-4-2)32(41)24-23-31(40)37-25-28-45-36-35(44)34(43)33(42)30(29-39)46-36/h30,33-36,39,42-44H,3-29H2,1-2H3,(H,37,40)/t30-,33-,34+,35-,36-/m1/s1. The zero-order valence-corrected chi connectivity index (χ0v) is 29.3. The van der Waals surface area contributed by atoms with E-state index in [1.54, 1.807) is 0 Å². The van der Waals surface area contributed by atoms with Crippen molar-refractivity contribution in [1.29, 1.82) is 0 Å². The van der Waals surface area contributed by atoms with Crippen molar-refractivity contribution in [2.24, 2.45) is 0 Å². The predicted molar refractivity (Wildman–Crippen MR) is 182 cm³/mol. The molecule has 0 saturated carbocycles. The Hall–Kier alpha value is -1.30. The second kappa shape index (κ2) is 28.7. The molecule has 0 spiro atoms. The Balaban J connectivity index is 2.35. The Labute approximate surface area is 280 Å². The van der Waals surface area contributed by atoms with E-state index in [0.29, 0.717) is 0 Å². The van der Waals surface area contributed by atoms with Gasteiger partial charge in [-0.2, -0.15) is 0 Å². The van der Waals surface area contributed by atoms with Gasteiger partial charge in [-0.3, -0.25) is 9.59 Å². The van der Waals surface area contributed by atoms with Gasteiger partial charge in [0.05, 0.1) is 13.2 Å². The number of carbonyl (C=O) groups is 2. The van der Waals surface area contributed by atoms with Crippen LogP contribution < -0.4 is 5.32 Å². The van der Waals surface area contributed by atoms with Crippen LogP contribution in [-0.2, 0) is 19.1 Å². The van der Waals surface area contributed by atoms with Crippen LogP contribution in [0.15, 0.2) is 0 Å². The summed E-state index contributed by atoms with van der Waals surface area (Å²) in [5.41, 5.74) is 0. The molecule has 5 atom stereocenters. The Morgan fingerprint density at radius 3 is 1.57 bits per heavy atom. The second-order valence-corrected chi connectivity index (χ2v) is 13.2. The molecule has 1 fully saturated rings. The molecule has 0 aromatic rings. The van der Waals surface area contributed by atoms with E-state index < -0.39 is 37.3 Å². The highest BCUT2D eigenvalue weighted by atomic mass is 16.7. The molecule has 1 rings (SSSR count). The molecule has 0 radical (unpaired) electrons. The highest BCUT2D eigenvalue weighted by molar-refractivity contribution is 5.83. The topological polar surface area (TPSA) is 149 Å². The molecule has 1 heterocycles. The minimum Gasteiger partial charge on any atom is -0.394 e. The first-order valence-electron chi connectivity index (χ1n) is 18.8. The van der Waals surface area contributed by atoms with Crippen LogP contribution in [-0.4, -0.2) is 101 Å². The molecule has 0 aromatic carbocycles. The molecule has 10 heteroatoms. The van der Waals surface area contributed by atoms with Crippen molar-refractivity contribution in [1.82, 2.24) is 10.2 Å². The van der Waals surface area contributed by atoms with Crippen molar-refractivity contribution in [3.8, 4) is 0 Å². The maximum Gasteiger partial charge on any atom is 0.223 e. The van der Waals surface area contributed by atoms with Crippen LogP contribution in [0.4, 0.5) is 0 Å². The Bertz CT molecular complexity index is 717. The first kappa shape index (κ1) is 42.7. The highest BCUT2D eigenvalue weighted by Gasteiger charge is 2.43. The van der Waals surface area contributed by atoms with Gasteiger partial charge in [-0.15, -0.1) is 0 Å². The highest BCUT2D eigenvalue weighted by Crippen LogP contribution is 2.22. The van der Waals surface area contributed by atoms with E-state index in [9.17, 15) is 30.0 Å². The van der Waals surface area contributed by atoms with Gasteiger partial charge in [-0.05, 0) is 12.8 Å². The Morgan fingerprint density at radius 1 is 0.652 bits per heavy atom. The molecule has 5 N–H and O–H groups in total. The maximum absolute atomic E-state index is 13.1. The summed E-state index contributed by atoms with van der Waals surface area (Å²) in [6.45, 7) is 5.58. The van der Waals surface area contributed by atoms with Gasteiger partial charge in [0.15, 0.2) is 6.29 Å². The fourth-order valence-corrected chi connectivity index (χ4v) is 5.98. The largest absolute Gasteiger partial charge is 0.394 e. The third-order valence-corrected chi connectivity index (χ3v) is 9.04. The quantitative estimate of drug-likeness (QED) is 0.0647. The van der Waals surface area contributed by atoms with Crippen LogP contribution in [0.5, 0.6) is 0 Å². The third-order valence-electron chi connectivity index (χ3n) is 9.04. The molecule has 2 amide bonds. The summed E-state index contributed by atoms with van der Waals surface area (Å²) < 4.78 is 10.7. The maximum atomic E-state index is 13.1. The van der Waals surface area contributed by atoms with Gasteiger partial charge in [-0.1, -0.05) is 129 Å². The number of rotatable bonds is 30. The van der Waals surface area contributed by atoms with Crippen molar-refractivity contribution < 1.29 is 39.5 Å². The SMILES string of the molecule is CCCCCCCCCCCCN(CCCCCCCCCCCC)C(=O)CCC(=O)NCCO[C@@H]1O[C@H](CO)[C@@H](O)[C@H](O)[C@H]1O. The number of nitrogens with one attached hydrogen (secondary N) is 1. The van der Waals surface area contributed by atoms with E-state index >= 15 is 0 Å². The molecule has 0 aromatic heterocycles. The van der Waals surface area contributed by atoms with Crippen LogP contribution in [0.2, 0.25) is 0 Å². The number of nitrogens with zero attached hydrogens (tertiary/aromatic N) is 1. The molecule has 0 unspecified atom stereocenters. The molecule has 272 valence electrons. The first-order valence-corrected chi connectivity index (χ1v) is 18.8. The summed E-state index contributed by atoms with van der Waals surface area (Å²) in [5.74, 6) is -0.233. The molecule has 1 aliphatic heterocycles. The lowest BCUT2D eigenvalue weighted by Gasteiger charge is -2.39. The van der Waals surface area contributed by atoms with Gasteiger partial charge in [-0.25, -0.2) is 0 Å². The summed E-state index contributed by atoms with van der Waals surface area (Å²) in [6, 6.07) is 0. The van der Waals surface area contributed by atoms with E-state index in [1.807, 2.05) is 4.90 Å². The van der Waals surface area contributed by atoms with E-state index in [1.165, 1.54) is 103 Å². The number of unbranched alkanes of at least 4 members (excludes halogenated alkanes) is 18. The van der Waals surface area contributed by atoms with Crippen molar-refractivity contribution in [3.05, 3.63) is 0 Å². The normalized spacial score (nSPS) is 21.4. The Morgan fingerprint density at radius 2 is 1.11 bits per heavy atom. The fourth-order valence-electron chi connectivity index (χ4n) is 5.98. The molecule has 46 heavy (non-hydrogen) atoms. The molecule has 10 nitrogen and oxygen atoms in total. The van der Waals surface area contributed by atoms with Crippen LogP contribution in [0.1, 0.15) is 155 Å². The monoisotopic (exact) mass is 659 g/mol. The van der Waals surface area contributed by atoms with E-state index in [4.69, 9.17) is 9.47 Å². The van der Waals surface area contributed by atoms with Crippen molar-refractivity contribution in [3.63, 3.8) is 0 Å². The van der Waals surface area contributed by atoms with Crippen molar-refractivity contribution in [2.75, 3.05) is 32.8 Å². The second-order valence-electron chi connectivity index (χ2n) is 13.2. The van der Waals surface area contributed by atoms with Gasteiger partial charge >= 0.3 is 0 Å². The summed E-state index contributed by atoms with van der Waals surface area (Å²) in [5, 5.41) is 41.8. The zero-order valence-electron chi connectivity index (χ0n) is 29.3. The van der Waals surface area contributed by atoms with Gasteiger partial charge < -0.3 is 40.1 Å². The third kappa shape index (κ3) is 20.2. The minimum atomic E-state index is -1.51. The average Bonchev–Trinajstić information content (AvgIpc) is 3.06. The van der Waals surface area contributed by atoms with Crippen LogP contribution in [0.3, 0.4) is 0 Å². The van der Waals surface area contributed by atoms with E-state index in [2.05, 4.69) is 19.2 Å². The lowest BCUT2D eigenvalue weighted by Crippen LogP contribution is -2.59. The van der Waals surface area contributed by atoms with Crippen LogP contribution in [0, 0.1) is 0 Å². The number of aliphatic hydroxyl groups is 4. The number of hydrogen-bond acceptors (Lipinski definition) is 8. The molecule has 1 saturated heterocycles. The van der Waals surface area contributed by atoms with Gasteiger partial charge in [0.1, 0.15) is 24.4 Å². The molecule has 0 bridgehead atoms. The molecule has 0 aliphatic carbocycles. The lowest BCUT2D eigenvalue weighted by molar-refractivity contribution is -0.300. The van der Waals surface area contributed by atoms with Crippen LogP contribution >= 0.6 is 0 Å². The molecule has 1 aliphatic rings. The average molecular weight is 659 g/mol. The number of ether oxygens (including phenoxy) is 2. The van der Waals surface area contributed by atoms with E-state index in [0.717, 1.165) is 38.8 Å². The van der Waals surface area contributed by atoms with Gasteiger partial charge in [0, 0.05) is 32.5 Å². The minimum absolute atomic E-state index is 0.00795. The van der Waals surface area contributed by atoms with Crippen molar-refractivity contribution in [2.45, 2.75) is 186 Å². The predicted octanol–water partition coefficient (Wildman–Crippen LogP) is 5.37.